The van der Waals surface area contributed by atoms with E-state index in [1.54, 1.807) is 30.3 Å². The highest BCUT2D eigenvalue weighted by Gasteiger charge is 2.25. The van der Waals surface area contributed by atoms with Gasteiger partial charge in [0.1, 0.15) is 61.2 Å². The monoisotopic (exact) mass is 1040 g/mol. The molecule has 7 aromatic carbocycles. The number of hydrogen-bond acceptors (Lipinski definition) is 20. The first-order chi connectivity index (χ1) is 32.9. The van der Waals surface area contributed by atoms with Crippen LogP contribution in [-0.4, -0.2) is 85.4 Å². The minimum absolute atomic E-state index is 0.0431. The lowest BCUT2D eigenvalue weighted by atomic mass is 10.1. The molecule has 24 nitrogen and oxygen atoms in total. The molecule has 0 aliphatic carbocycles. The number of phenols is 1. The Labute approximate surface area is 397 Å². The number of ether oxygens (including phenoxy) is 4. The molecule has 0 saturated heterocycles. The van der Waals surface area contributed by atoms with Crippen LogP contribution in [0.15, 0.2) is 153 Å². The maximum Gasteiger partial charge on any atom is 0.296 e. The van der Waals surface area contributed by atoms with Crippen molar-refractivity contribution in [2.24, 2.45) is 30.7 Å². The minimum Gasteiger partial charge on any atom is -0.505 e. The van der Waals surface area contributed by atoms with Gasteiger partial charge in [-0.15, -0.1) is 30.7 Å². The molecule has 364 valence electrons. The number of fused-ring (bicyclic) bond motifs is 2. The Morgan fingerprint density at radius 2 is 0.914 bits per heavy atom. The van der Waals surface area contributed by atoms with Crippen molar-refractivity contribution in [3.8, 4) is 28.7 Å². The fraction of sp³-hybridized carbons (Fsp3) is 0.0952. The van der Waals surface area contributed by atoms with E-state index in [9.17, 15) is 57.0 Å². The molecule has 28 heteroatoms. The summed E-state index contributed by atoms with van der Waals surface area (Å²) >= 11 is 0. The lowest BCUT2D eigenvalue weighted by molar-refractivity contribution is 0.405. The van der Waals surface area contributed by atoms with Gasteiger partial charge in [-0.05, 0) is 84.2 Å². The molecule has 0 aliphatic heterocycles. The Bertz CT molecular complexity index is 3820. The molecule has 70 heavy (non-hydrogen) atoms. The summed E-state index contributed by atoms with van der Waals surface area (Å²) in [5, 5.41) is 39.5. The summed E-state index contributed by atoms with van der Waals surface area (Å²) in [6.07, 6.45) is 0. The Balaban J connectivity index is 1.31. The number of benzene rings is 7. The quantitative estimate of drug-likeness (QED) is 0.0387. The second-order valence-electron chi connectivity index (χ2n) is 14.3. The van der Waals surface area contributed by atoms with Gasteiger partial charge >= 0.3 is 0 Å². The van der Waals surface area contributed by atoms with E-state index in [1.807, 2.05) is 0 Å². The van der Waals surface area contributed by atoms with Gasteiger partial charge in [-0.3, -0.25) is 18.2 Å². The van der Waals surface area contributed by atoms with E-state index in [0.717, 1.165) is 30.3 Å². The molecular weight excluding hydrogens is 1000 g/mol. The van der Waals surface area contributed by atoms with Crippen molar-refractivity contribution in [2.45, 2.75) is 19.6 Å². The van der Waals surface area contributed by atoms with E-state index < -0.39 is 77.2 Å². The van der Waals surface area contributed by atoms with Gasteiger partial charge < -0.3 is 29.4 Å². The first-order valence-electron chi connectivity index (χ1n) is 19.3. The normalized spacial score (nSPS) is 12.6. The summed E-state index contributed by atoms with van der Waals surface area (Å²) in [4.78, 5) is -3.26. The van der Waals surface area contributed by atoms with Crippen molar-refractivity contribution < 1.29 is 75.9 Å². The second-order valence-corrected chi connectivity index (χ2v) is 20.0. The van der Waals surface area contributed by atoms with Gasteiger partial charge in [-0.2, -0.15) is 33.7 Å². The summed E-state index contributed by atoms with van der Waals surface area (Å²) in [7, 11) is -14.7. The van der Waals surface area contributed by atoms with Gasteiger partial charge in [0.25, 0.3) is 40.5 Å². The molecule has 0 heterocycles. The van der Waals surface area contributed by atoms with Crippen LogP contribution in [0, 0.1) is 0 Å². The molecule has 0 aromatic heterocycles. The van der Waals surface area contributed by atoms with Crippen molar-refractivity contribution >= 4 is 108 Å². The third-order valence-corrected chi connectivity index (χ3v) is 13.5. The van der Waals surface area contributed by atoms with Crippen LogP contribution in [0.3, 0.4) is 0 Å². The predicted molar refractivity (Wildman–Crippen MR) is 250 cm³/mol. The van der Waals surface area contributed by atoms with Crippen molar-refractivity contribution in [3.05, 3.63) is 103 Å². The fourth-order valence-corrected chi connectivity index (χ4v) is 9.09. The molecular formula is C42H35N7O17S4. The van der Waals surface area contributed by atoms with Gasteiger partial charge in [0.15, 0.2) is 5.75 Å². The SMILES string of the molecule is COc1ccc(Nc2ccc3c(O)c(N=Nc4c(OC)cc(N=Nc5cc(OC)c(N=Nc6ccc(S(=O)(=O)O)cc6S(=O)(=O)O)cc5OC)c5cc(S(=O)(=O)O)ccc45)c(S(=O)(=O)O)cc3c2)cc1. The van der Waals surface area contributed by atoms with Crippen LogP contribution < -0.4 is 24.3 Å². The Kier molecular flexibility index (Phi) is 13.9. The molecule has 0 amide bonds. The standard InChI is InChI=1S/C42H35N7O17S4/c1-63-25-8-5-23(6-9-25)43-24-7-12-28-22(15-24)16-39(70(60,61)62)41(42(28)50)49-48-40-29-13-10-26(67(51,52)53)17-30(29)32(19-37(40)66-4)45-47-34-21-35(64-2)33(20-36(34)65-3)46-44-31-14-11-27(68(54,55)56)18-38(31)69(57,58)59/h5-21,43,50H,1-4H3,(H,51,52,53)(H,54,55,56)(H,57,58,59)(H,60,61,62). The van der Waals surface area contributed by atoms with Gasteiger partial charge in [-0.25, -0.2) is 0 Å². The third kappa shape index (κ3) is 10.8. The Morgan fingerprint density at radius 1 is 0.414 bits per heavy atom. The van der Waals surface area contributed by atoms with E-state index in [1.165, 1.54) is 64.8 Å². The van der Waals surface area contributed by atoms with Crippen LogP contribution >= 0.6 is 0 Å². The molecule has 0 unspecified atom stereocenters. The summed E-state index contributed by atoms with van der Waals surface area (Å²) < 4.78 is 159. The van der Waals surface area contributed by atoms with Crippen LogP contribution in [0.4, 0.5) is 45.5 Å². The number of nitrogens with zero attached hydrogens (tertiary/aromatic N) is 6. The number of nitrogens with one attached hydrogen (secondary N) is 1. The van der Waals surface area contributed by atoms with Gasteiger partial charge in [-0.1, -0.05) is 6.07 Å². The number of anilines is 2. The van der Waals surface area contributed by atoms with E-state index in [2.05, 4.69) is 36.0 Å². The zero-order valence-electron chi connectivity index (χ0n) is 36.3. The molecule has 0 atom stereocenters. The zero-order valence-corrected chi connectivity index (χ0v) is 39.5. The van der Waals surface area contributed by atoms with Crippen molar-refractivity contribution in [1.82, 2.24) is 0 Å². The summed E-state index contributed by atoms with van der Waals surface area (Å²) in [5.74, 6) is -0.289. The number of methoxy groups -OCH3 is 4. The van der Waals surface area contributed by atoms with E-state index in [4.69, 9.17) is 18.9 Å². The first kappa shape index (κ1) is 50.2. The maximum atomic E-state index is 12.8. The van der Waals surface area contributed by atoms with Crippen LogP contribution in [0.25, 0.3) is 21.5 Å². The summed E-state index contributed by atoms with van der Waals surface area (Å²) in [6.45, 7) is 0. The maximum absolute atomic E-state index is 12.8. The molecule has 0 saturated carbocycles. The highest BCUT2D eigenvalue weighted by molar-refractivity contribution is 7.87. The average Bonchev–Trinajstić information content (AvgIpc) is 3.30. The van der Waals surface area contributed by atoms with Crippen LogP contribution in [-0.2, 0) is 40.5 Å². The molecule has 0 aliphatic rings. The smallest absolute Gasteiger partial charge is 0.296 e. The number of rotatable bonds is 16. The highest BCUT2D eigenvalue weighted by atomic mass is 32.2. The fourth-order valence-electron chi connectivity index (χ4n) is 6.69. The van der Waals surface area contributed by atoms with Crippen LogP contribution in [0.5, 0.6) is 28.7 Å². The van der Waals surface area contributed by atoms with Crippen molar-refractivity contribution in [2.75, 3.05) is 33.8 Å². The highest BCUT2D eigenvalue weighted by Crippen LogP contribution is 2.48. The van der Waals surface area contributed by atoms with E-state index in [-0.39, 0.29) is 61.5 Å². The average molecular weight is 1040 g/mol. The third-order valence-electron chi connectivity index (χ3n) is 10.0. The number of phenolic OH excluding ortho intramolecular Hbond substituents is 1. The van der Waals surface area contributed by atoms with Gasteiger partial charge in [0.2, 0.25) is 0 Å². The Morgan fingerprint density at radius 3 is 1.47 bits per heavy atom. The topological polar surface area (TPSA) is 361 Å². The predicted octanol–water partition coefficient (Wildman–Crippen LogP) is 9.71. The molecule has 0 bridgehead atoms. The zero-order chi connectivity index (χ0) is 50.9. The summed E-state index contributed by atoms with van der Waals surface area (Å²) in [5.41, 5.74) is -0.495. The Hall–Kier alpha value is -7.70. The molecule has 0 fully saturated rings. The number of hydrogen-bond donors (Lipinski definition) is 6. The van der Waals surface area contributed by atoms with E-state index >= 15 is 0 Å². The molecule has 0 spiro atoms. The van der Waals surface area contributed by atoms with Crippen molar-refractivity contribution in [1.29, 1.82) is 0 Å². The number of azo groups is 3. The van der Waals surface area contributed by atoms with E-state index in [0.29, 0.717) is 23.2 Å². The summed E-state index contributed by atoms with van der Waals surface area (Å²) in [6, 6.07) is 21.8. The lowest BCUT2D eigenvalue weighted by Crippen LogP contribution is -2.03. The number of aromatic hydroxyl groups is 1. The second kappa shape index (κ2) is 19.4. The molecule has 6 N–H and O–H groups in total. The van der Waals surface area contributed by atoms with Crippen LogP contribution in [0.2, 0.25) is 0 Å². The van der Waals surface area contributed by atoms with Gasteiger partial charge in [0, 0.05) is 45.7 Å². The largest absolute Gasteiger partial charge is 0.505 e. The lowest BCUT2D eigenvalue weighted by Gasteiger charge is -2.13. The molecule has 7 rings (SSSR count). The molecule has 7 aromatic rings. The van der Waals surface area contributed by atoms with Gasteiger partial charge in [0.05, 0.1) is 43.9 Å². The first-order valence-corrected chi connectivity index (χ1v) is 25.1. The van der Waals surface area contributed by atoms with Crippen LogP contribution in [0.1, 0.15) is 0 Å². The minimum atomic E-state index is -5.09. The van der Waals surface area contributed by atoms with Crippen molar-refractivity contribution in [3.63, 3.8) is 0 Å². The molecule has 0 radical (unpaired) electrons.